The molecule has 1 fully saturated rings. The van der Waals surface area contributed by atoms with Crippen LogP contribution in [0.5, 0.6) is 5.75 Å². The zero-order valence-corrected chi connectivity index (χ0v) is 15.0. The van der Waals surface area contributed by atoms with Gasteiger partial charge in [-0.2, -0.15) is 0 Å². The quantitative estimate of drug-likeness (QED) is 0.640. The Labute approximate surface area is 158 Å². The Hall–Kier alpha value is -2.83. The van der Waals surface area contributed by atoms with Gasteiger partial charge >= 0.3 is 6.03 Å². The van der Waals surface area contributed by atoms with Gasteiger partial charge in [0.05, 0.1) is 17.8 Å². The Balaban J connectivity index is 1.99. The number of methoxy groups -OCH3 is 1. The van der Waals surface area contributed by atoms with Crippen LogP contribution in [0.2, 0.25) is 10.0 Å². The smallest absolute Gasteiger partial charge is 0.335 e. The molecule has 6 nitrogen and oxygen atoms in total. The van der Waals surface area contributed by atoms with Gasteiger partial charge in [0.2, 0.25) is 0 Å². The second-order valence-corrected chi connectivity index (χ2v) is 6.17. The molecule has 2 aromatic rings. The highest BCUT2D eigenvalue weighted by molar-refractivity contribution is 6.39. The maximum absolute atomic E-state index is 12.7. The first kappa shape index (κ1) is 18.0. The number of nitrogens with one attached hydrogen (secondary N) is 1. The van der Waals surface area contributed by atoms with Gasteiger partial charge in [-0.25, -0.2) is 9.69 Å². The SMILES string of the molecule is COc1ccc(/C=C2/C(=O)NC(=O)N(c3ccc(Cl)cc3)C2=O)cc1Cl. The molecule has 0 radical (unpaired) electrons. The number of ether oxygens (including phenoxy) is 1. The molecule has 3 rings (SSSR count). The lowest BCUT2D eigenvalue weighted by Crippen LogP contribution is -2.54. The number of nitrogens with zero attached hydrogens (tertiary/aromatic N) is 1. The van der Waals surface area contributed by atoms with Crippen molar-refractivity contribution in [2.24, 2.45) is 0 Å². The van der Waals surface area contributed by atoms with Crippen LogP contribution in [0.4, 0.5) is 10.5 Å². The van der Waals surface area contributed by atoms with Gasteiger partial charge in [0.25, 0.3) is 11.8 Å². The highest BCUT2D eigenvalue weighted by Crippen LogP contribution is 2.27. The number of anilines is 1. The molecular formula is C18H12Cl2N2O4. The van der Waals surface area contributed by atoms with E-state index in [9.17, 15) is 14.4 Å². The summed E-state index contributed by atoms with van der Waals surface area (Å²) in [6.45, 7) is 0. The van der Waals surface area contributed by atoms with E-state index in [0.29, 0.717) is 27.0 Å². The summed E-state index contributed by atoms with van der Waals surface area (Å²) in [6.07, 6.45) is 1.36. The first-order valence-corrected chi connectivity index (χ1v) is 8.17. The molecule has 8 heteroatoms. The third kappa shape index (κ3) is 3.42. The molecule has 1 saturated heterocycles. The van der Waals surface area contributed by atoms with Crippen molar-refractivity contribution < 1.29 is 19.1 Å². The minimum absolute atomic E-state index is 0.194. The third-order valence-electron chi connectivity index (χ3n) is 3.67. The Kier molecular flexibility index (Phi) is 4.97. The molecule has 26 heavy (non-hydrogen) atoms. The summed E-state index contributed by atoms with van der Waals surface area (Å²) in [7, 11) is 1.48. The number of amides is 4. The molecule has 2 aromatic carbocycles. The van der Waals surface area contributed by atoms with Crippen LogP contribution in [0.1, 0.15) is 5.56 Å². The van der Waals surface area contributed by atoms with Gasteiger partial charge in [-0.15, -0.1) is 0 Å². The molecule has 1 aliphatic heterocycles. The van der Waals surface area contributed by atoms with E-state index in [1.54, 1.807) is 30.3 Å². The number of hydrogen-bond donors (Lipinski definition) is 1. The molecule has 0 aliphatic carbocycles. The van der Waals surface area contributed by atoms with Gasteiger partial charge < -0.3 is 4.74 Å². The molecule has 1 aliphatic rings. The van der Waals surface area contributed by atoms with Gasteiger partial charge in [0.15, 0.2) is 0 Å². The number of urea groups is 1. The molecular weight excluding hydrogens is 379 g/mol. The number of imide groups is 2. The van der Waals surface area contributed by atoms with E-state index in [0.717, 1.165) is 4.90 Å². The zero-order valence-electron chi connectivity index (χ0n) is 13.5. The van der Waals surface area contributed by atoms with Crippen LogP contribution in [0.3, 0.4) is 0 Å². The summed E-state index contributed by atoms with van der Waals surface area (Å²) < 4.78 is 5.07. The van der Waals surface area contributed by atoms with Gasteiger partial charge in [-0.05, 0) is 48.0 Å². The van der Waals surface area contributed by atoms with E-state index in [1.165, 1.54) is 25.3 Å². The van der Waals surface area contributed by atoms with Crippen molar-refractivity contribution in [3.05, 3.63) is 63.6 Å². The molecule has 4 amide bonds. The van der Waals surface area contributed by atoms with Crippen LogP contribution in [0.15, 0.2) is 48.0 Å². The predicted octanol–water partition coefficient (Wildman–Crippen LogP) is 3.67. The highest BCUT2D eigenvalue weighted by Gasteiger charge is 2.36. The van der Waals surface area contributed by atoms with Gasteiger partial charge in [0.1, 0.15) is 11.3 Å². The van der Waals surface area contributed by atoms with E-state index >= 15 is 0 Å². The fraction of sp³-hybridized carbons (Fsp3) is 0.0556. The van der Waals surface area contributed by atoms with Crippen molar-refractivity contribution in [1.82, 2.24) is 5.32 Å². The lowest BCUT2D eigenvalue weighted by molar-refractivity contribution is -0.122. The van der Waals surface area contributed by atoms with Crippen molar-refractivity contribution in [1.29, 1.82) is 0 Å². The highest BCUT2D eigenvalue weighted by atomic mass is 35.5. The Morgan fingerprint density at radius 1 is 1.04 bits per heavy atom. The number of halogens is 2. The van der Waals surface area contributed by atoms with E-state index in [4.69, 9.17) is 27.9 Å². The molecule has 0 spiro atoms. The zero-order chi connectivity index (χ0) is 18.8. The van der Waals surface area contributed by atoms with Crippen LogP contribution in [-0.2, 0) is 9.59 Å². The number of benzene rings is 2. The van der Waals surface area contributed by atoms with Crippen molar-refractivity contribution in [2.75, 3.05) is 12.0 Å². The van der Waals surface area contributed by atoms with Gasteiger partial charge in [-0.3, -0.25) is 14.9 Å². The fourth-order valence-corrected chi connectivity index (χ4v) is 2.81. The lowest BCUT2D eigenvalue weighted by atomic mass is 10.1. The van der Waals surface area contributed by atoms with Gasteiger partial charge in [0, 0.05) is 5.02 Å². The summed E-state index contributed by atoms with van der Waals surface area (Å²) in [5.74, 6) is -1.06. The number of carbonyl (C=O) groups excluding carboxylic acids is 3. The standard InChI is InChI=1S/C18H12Cl2N2O4/c1-26-15-7-2-10(9-14(15)20)8-13-16(23)21-18(25)22(17(13)24)12-5-3-11(19)4-6-12/h2-9H,1H3,(H,21,23,25)/b13-8-. The van der Waals surface area contributed by atoms with Gasteiger partial charge in [-0.1, -0.05) is 29.3 Å². The molecule has 0 unspecified atom stereocenters. The second-order valence-electron chi connectivity index (χ2n) is 5.33. The number of barbiturate groups is 1. The first-order chi connectivity index (χ1) is 12.4. The summed E-state index contributed by atoms with van der Waals surface area (Å²) in [6, 6.07) is 10.1. The molecule has 132 valence electrons. The average Bonchev–Trinajstić information content (AvgIpc) is 2.60. The topological polar surface area (TPSA) is 75.7 Å². The van der Waals surface area contributed by atoms with Crippen LogP contribution in [0, 0.1) is 0 Å². The predicted molar refractivity (Wildman–Crippen MR) is 98.5 cm³/mol. The summed E-state index contributed by atoms with van der Waals surface area (Å²) in [4.78, 5) is 37.8. The Morgan fingerprint density at radius 3 is 2.35 bits per heavy atom. The Bertz CT molecular complexity index is 939. The molecule has 1 heterocycles. The van der Waals surface area contributed by atoms with E-state index in [-0.39, 0.29) is 5.57 Å². The summed E-state index contributed by atoms with van der Waals surface area (Å²) in [5.41, 5.74) is 0.614. The van der Waals surface area contributed by atoms with Crippen molar-refractivity contribution in [3.63, 3.8) is 0 Å². The molecule has 0 saturated carbocycles. The van der Waals surface area contributed by atoms with E-state index in [2.05, 4.69) is 5.32 Å². The second kappa shape index (κ2) is 7.19. The monoisotopic (exact) mass is 390 g/mol. The maximum Gasteiger partial charge on any atom is 0.335 e. The first-order valence-electron chi connectivity index (χ1n) is 7.41. The normalized spacial score (nSPS) is 16.0. The fourth-order valence-electron chi connectivity index (χ4n) is 2.42. The van der Waals surface area contributed by atoms with Crippen LogP contribution >= 0.6 is 23.2 Å². The van der Waals surface area contributed by atoms with Crippen LogP contribution in [0.25, 0.3) is 6.08 Å². The summed E-state index contributed by atoms with van der Waals surface area (Å²) in [5, 5.41) is 2.94. The van der Waals surface area contributed by atoms with Crippen LogP contribution in [-0.4, -0.2) is 25.0 Å². The maximum atomic E-state index is 12.7. The van der Waals surface area contributed by atoms with Crippen molar-refractivity contribution >= 4 is 52.8 Å². The molecule has 0 atom stereocenters. The van der Waals surface area contributed by atoms with E-state index in [1.807, 2.05) is 0 Å². The minimum atomic E-state index is -0.827. The molecule has 1 N–H and O–H groups in total. The van der Waals surface area contributed by atoms with Crippen molar-refractivity contribution in [3.8, 4) is 5.75 Å². The lowest BCUT2D eigenvalue weighted by Gasteiger charge is -2.26. The summed E-state index contributed by atoms with van der Waals surface area (Å²) >= 11 is 11.9. The number of rotatable bonds is 3. The minimum Gasteiger partial charge on any atom is -0.495 e. The molecule has 0 bridgehead atoms. The number of hydrogen-bond acceptors (Lipinski definition) is 4. The molecule has 0 aromatic heterocycles. The number of carbonyl (C=O) groups is 3. The van der Waals surface area contributed by atoms with Crippen LogP contribution < -0.4 is 15.0 Å². The largest absolute Gasteiger partial charge is 0.495 e. The average molecular weight is 391 g/mol. The van der Waals surface area contributed by atoms with Crippen molar-refractivity contribution in [2.45, 2.75) is 0 Å². The third-order valence-corrected chi connectivity index (χ3v) is 4.22. The van der Waals surface area contributed by atoms with E-state index < -0.39 is 17.8 Å². The Morgan fingerprint density at radius 2 is 1.73 bits per heavy atom.